The van der Waals surface area contributed by atoms with Crippen molar-refractivity contribution < 1.29 is 28.6 Å². The Morgan fingerprint density at radius 3 is 1.21 bits per heavy atom. The van der Waals surface area contributed by atoms with E-state index < -0.39 is 6.10 Å². The van der Waals surface area contributed by atoms with Crippen molar-refractivity contribution in [3.05, 3.63) is 97.2 Å². The maximum atomic E-state index is 12.7. The van der Waals surface area contributed by atoms with Gasteiger partial charge in [0, 0.05) is 19.3 Å². The first-order chi connectivity index (χ1) is 30.0. The zero-order valence-corrected chi connectivity index (χ0v) is 39.4. The van der Waals surface area contributed by atoms with Crippen LogP contribution >= 0.6 is 0 Å². The van der Waals surface area contributed by atoms with E-state index in [4.69, 9.17) is 14.2 Å². The Balaban J connectivity index is 4.47. The van der Waals surface area contributed by atoms with E-state index in [1.54, 1.807) is 0 Å². The van der Waals surface area contributed by atoms with Gasteiger partial charge in [-0.15, -0.1) is 0 Å². The summed E-state index contributed by atoms with van der Waals surface area (Å²) in [5, 5.41) is 0. The molecule has 0 aliphatic heterocycles. The minimum atomic E-state index is -0.810. The predicted octanol–water partition coefficient (Wildman–Crippen LogP) is 16.2. The lowest BCUT2D eigenvalue weighted by Gasteiger charge is -2.18. The van der Waals surface area contributed by atoms with Gasteiger partial charge in [0.2, 0.25) is 0 Å². The summed E-state index contributed by atoms with van der Waals surface area (Å²) in [7, 11) is 0. The molecular formula is C55H90O6. The van der Waals surface area contributed by atoms with Gasteiger partial charge in [0.1, 0.15) is 13.2 Å². The third kappa shape index (κ3) is 47.2. The van der Waals surface area contributed by atoms with Crippen LogP contribution in [0.15, 0.2) is 97.2 Å². The molecule has 0 aromatic rings. The molecule has 0 N–H and O–H groups in total. The molecule has 0 bridgehead atoms. The standard InChI is InChI=1S/C55H90O6/c1-4-7-10-13-16-19-22-25-26-27-28-29-31-33-36-39-42-45-48-54(57)60-51-52(50-59-53(56)47-44-41-38-35-32-24-21-18-15-12-9-6-3)61-55(58)49-46-43-40-37-34-30-23-20-17-14-11-8-5-2/h8-9,11-12,14,17-18,20-21,23,26-30,34,52H,4-7,10,13,15-16,19,22,24-25,31-33,35-51H2,1-3H3/b11-8-,12-9-,17-14-,21-18-,23-20-,27-26-,29-28-,34-30-. The fraction of sp³-hybridized carbons (Fsp3) is 0.655. The van der Waals surface area contributed by atoms with Gasteiger partial charge in [-0.3, -0.25) is 14.4 Å². The summed E-state index contributed by atoms with van der Waals surface area (Å²) in [5.74, 6) is -0.982. The largest absolute Gasteiger partial charge is 0.462 e. The third-order valence-electron chi connectivity index (χ3n) is 10.2. The highest BCUT2D eigenvalue weighted by molar-refractivity contribution is 5.71. The molecule has 0 aromatic carbocycles. The molecular weight excluding hydrogens is 757 g/mol. The molecule has 0 saturated carbocycles. The lowest BCUT2D eigenvalue weighted by Crippen LogP contribution is -2.30. The first kappa shape index (κ1) is 57.3. The van der Waals surface area contributed by atoms with Gasteiger partial charge in [0.25, 0.3) is 0 Å². The number of ether oxygens (including phenoxy) is 3. The number of hydrogen-bond donors (Lipinski definition) is 0. The van der Waals surface area contributed by atoms with E-state index in [0.717, 1.165) is 116 Å². The van der Waals surface area contributed by atoms with Crippen molar-refractivity contribution in [2.45, 2.75) is 219 Å². The van der Waals surface area contributed by atoms with Crippen molar-refractivity contribution in [3.8, 4) is 0 Å². The number of hydrogen-bond acceptors (Lipinski definition) is 6. The summed E-state index contributed by atoms with van der Waals surface area (Å²) in [6, 6.07) is 0. The van der Waals surface area contributed by atoms with Gasteiger partial charge in [-0.25, -0.2) is 0 Å². The lowest BCUT2D eigenvalue weighted by molar-refractivity contribution is -0.167. The highest BCUT2D eigenvalue weighted by Gasteiger charge is 2.19. The van der Waals surface area contributed by atoms with Crippen molar-refractivity contribution >= 4 is 17.9 Å². The van der Waals surface area contributed by atoms with Crippen LogP contribution in [0.4, 0.5) is 0 Å². The van der Waals surface area contributed by atoms with Crippen LogP contribution in [0, 0.1) is 0 Å². The maximum absolute atomic E-state index is 12.7. The molecule has 0 spiro atoms. The molecule has 0 fully saturated rings. The highest BCUT2D eigenvalue weighted by Crippen LogP contribution is 2.13. The summed E-state index contributed by atoms with van der Waals surface area (Å²) in [6.45, 7) is 6.31. The van der Waals surface area contributed by atoms with Gasteiger partial charge in [0.15, 0.2) is 6.10 Å². The van der Waals surface area contributed by atoms with Gasteiger partial charge in [-0.2, -0.15) is 0 Å². The minimum absolute atomic E-state index is 0.108. The van der Waals surface area contributed by atoms with Gasteiger partial charge in [-0.1, -0.05) is 201 Å². The Labute approximate surface area is 375 Å². The topological polar surface area (TPSA) is 78.9 Å². The predicted molar refractivity (Wildman–Crippen MR) is 260 cm³/mol. The maximum Gasteiger partial charge on any atom is 0.306 e. The SMILES string of the molecule is CC\C=C/C=C\C=C/C=C\CCCCCC(=O)OC(COC(=O)CCCCCCC/C=C\C=C/CCCCCCCCC)COC(=O)CCCCCCC/C=C\C/C=C\CC. The summed E-state index contributed by atoms with van der Waals surface area (Å²) in [6.07, 6.45) is 63.9. The van der Waals surface area contributed by atoms with Gasteiger partial charge < -0.3 is 14.2 Å². The Bertz CT molecular complexity index is 1250. The molecule has 0 heterocycles. The van der Waals surface area contributed by atoms with E-state index >= 15 is 0 Å². The fourth-order valence-corrected chi connectivity index (χ4v) is 6.48. The van der Waals surface area contributed by atoms with Crippen LogP contribution in [0.1, 0.15) is 213 Å². The number of allylic oxidation sites excluding steroid dienone is 16. The highest BCUT2D eigenvalue weighted by atomic mass is 16.6. The Kier molecular flexibility index (Phi) is 46.0. The molecule has 6 nitrogen and oxygen atoms in total. The smallest absolute Gasteiger partial charge is 0.306 e. The van der Waals surface area contributed by atoms with Gasteiger partial charge in [0.05, 0.1) is 0 Å². The second-order valence-electron chi connectivity index (χ2n) is 16.1. The van der Waals surface area contributed by atoms with Gasteiger partial charge in [-0.05, 0) is 89.9 Å². The number of esters is 3. The molecule has 1 atom stereocenters. The number of unbranched alkanes of at least 4 members (excludes halogenated alkanes) is 20. The molecule has 1 unspecified atom stereocenters. The first-order valence-corrected chi connectivity index (χ1v) is 24.8. The number of carbonyl (C=O) groups is 3. The van der Waals surface area contributed by atoms with Crippen molar-refractivity contribution in [1.82, 2.24) is 0 Å². The van der Waals surface area contributed by atoms with Crippen LogP contribution in [-0.2, 0) is 28.6 Å². The average molecular weight is 847 g/mol. The molecule has 0 saturated heterocycles. The molecule has 61 heavy (non-hydrogen) atoms. The van der Waals surface area contributed by atoms with E-state index in [0.29, 0.717) is 19.3 Å². The summed E-state index contributed by atoms with van der Waals surface area (Å²) < 4.78 is 16.7. The number of carbonyl (C=O) groups excluding carboxylic acids is 3. The molecule has 0 aromatic heterocycles. The van der Waals surface area contributed by atoms with Crippen molar-refractivity contribution in [3.63, 3.8) is 0 Å². The van der Waals surface area contributed by atoms with Crippen LogP contribution in [0.3, 0.4) is 0 Å². The van der Waals surface area contributed by atoms with Crippen LogP contribution < -0.4 is 0 Å². The normalized spacial score (nSPS) is 12.9. The Morgan fingerprint density at radius 1 is 0.361 bits per heavy atom. The second-order valence-corrected chi connectivity index (χ2v) is 16.1. The number of rotatable bonds is 43. The molecule has 0 rings (SSSR count). The van der Waals surface area contributed by atoms with E-state index in [1.165, 1.54) is 51.4 Å². The molecule has 0 aliphatic rings. The average Bonchev–Trinajstić information content (AvgIpc) is 3.26. The van der Waals surface area contributed by atoms with E-state index in [2.05, 4.69) is 81.5 Å². The zero-order valence-electron chi connectivity index (χ0n) is 39.4. The van der Waals surface area contributed by atoms with Crippen molar-refractivity contribution in [1.29, 1.82) is 0 Å². The van der Waals surface area contributed by atoms with Crippen LogP contribution in [0.2, 0.25) is 0 Å². The van der Waals surface area contributed by atoms with Crippen molar-refractivity contribution in [2.24, 2.45) is 0 Å². The van der Waals surface area contributed by atoms with Gasteiger partial charge >= 0.3 is 17.9 Å². The van der Waals surface area contributed by atoms with E-state index in [-0.39, 0.29) is 37.5 Å². The monoisotopic (exact) mass is 847 g/mol. The summed E-state index contributed by atoms with van der Waals surface area (Å²) >= 11 is 0. The first-order valence-electron chi connectivity index (χ1n) is 24.8. The van der Waals surface area contributed by atoms with Crippen molar-refractivity contribution in [2.75, 3.05) is 13.2 Å². The molecule has 0 radical (unpaired) electrons. The van der Waals surface area contributed by atoms with E-state index in [9.17, 15) is 14.4 Å². The molecule has 346 valence electrons. The Hall–Kier alpha value is -3.67. The zero-order chi connectivity index (χ0) is 44.4. The summed E-state index contributed by atoms with van der Waals surface area (Å²) in [5.41, 5.74) is 0. The second kappa shape index (κ2) is 49.0. The Morgan fingerprint density at radius 2 is 0.721 bits per heavy atom. The lowest BCUT2D eigenvalue weighted by atomic mass is 10.1. The summed E-state index contributed by atoms with van der Waals surface area (Å²) in [4.78, 5) is 37.9. The fourth-order valence-electron chi connectivity index (χ4n) is 6.48. The minimum Gasteiger partial charge on any atom is -0.462 e. The molecule has 6 heteroatoms. The van der Waals surface area contributed by atoms with Crippen LogP contribution in [0.25, 0.3) is 0 Å². The third-order valence-corrected chi connectivity index (χ3v) is 10.2. The molecule has 0 aliphatic carbocycles. The molecule has 0 amide bonds. The van der Waals surface area contributed by atoms with Crippen LogP contribution in [0.5, 0.6) is 0 Å². The van der Waals surface area contributed by atoms with Crippen LogP contribution in [-0.4, -0.2) is 37.2 Å². The van der Waals surface area contributed by atoms with E-state index in [1.807, 2.05) is 36.5 Å². The quantitative estimate of drug-likeness (QED) is 0.0200.